The molecule has 4 saturated heterocycles. The van der Waals surface area contributed by atoms with Crippen LogP contribution in [0, 0.1) is 23.7 Å². The van der Waals surface area contributed by atoms with E-state index in [2.05, 4.69) is 18.9 Å². The number of Topliss-reactive ketones (excluding diaryl/α,β-unsaturated/α-hetero) is 1. The lowest BCUT2D eigenvalue weighted by atomic mass is 9.73. The first kappa shape index (κ1) is 53.2. The molecule has 0 bridgehead atoms. The SMILES string of the molecule is CC[C@@H]1OC(=O)[C@H](C)[C@@H](O[C@H]2C[C@@](C)(OC)[C@@H](O)[C@H](C)O2)[C@H](C)[C@@H](O[C@H]2C[C@@H](N(C)C3CCC3)C[C@@H](C)O2)[C@@](C)(OC)C[C@@H](C)C(=O)[C@@H](C)[C@H]2N(CCc3ccc(Cl)c(Cl)c3)C(=O)O[C@]12C. The zero-order chi connectivity index (χ0) is 48.6. The van der Waals surface area contributed by atoms with E-state index in [0.29, 0.717) is 28.9 Å². The van der Waals surface area contributed by atoms with Crippen molar-refractivity contribution in [2.45, 2.75) is 211 Å². The van der Waals surface area contributed by atoms with Crippen LogP contribution in [0.25, 0.3) is 0 Å². The van der Waals surface area contributed by atoms with Crippen molar-refractivity contribution in [3.05, 3.63) is 33.8 Å². The van der Waals surface area contributed by atoms with Crippen molar-refractivity contribution in [1.29, 1.82) is 0 Å². The second-order valence-corrected chi connectivity index (χ2v) is 21.6. The Kier molecular flexibility index (Phi) is 17.3. The topological polar surface area (TPSA) is 152 Å². The van der Waals surface area contributed by atoms with Gasteiger partial charge in [0.2, 0.25) is 0 Å². The summed E-state index contributed by atoms with van der Waals surface area (Å²) < 4.78 is 52.4. The number of ether oxygens (including phenoxy) is 8. The number of methoxy groups -OCH3 is 2. The predicted molar refractivity (Wildman–Crippen MR) is 250 cm³/mol. The van der Waals surface area contributed by atoms with Gasteiger partial charge < -0.3 is 47.9 Å². The van der Waals surface area contributed by atoms with Gasteiger partial charge in [-0.15, -0.1) is 0 Å². The van der Waals surface area contributed by atoms with Crippen LogP contribution in [-0.4, -0.2) is 145 Å². The van der Waals surface area contributed by atoms with E-state index in [4.69, 9.17) is 61.1 Å². The normalized spacial score (nSPS) is 42.1. The summed E-state index contributed by atoms with van der Waals surface area (Å²) in [6, 6.07) is 5.25. The number of rotatable bonds is 12. The van der Waals surface area contributed by atoms with Crippen LogP contribution in [0.1, 0.15) is 126 Å². The smallest absolute Gasteiger partial charge is 0.410 e. The molecule has 66 heavy (non-hydrogen) atoms. The molecule has 5 fully saturated rings. The van der Waals surface area contributed by atoms with Crippen LogP contribution in [0.2, 0.25) is 10.0 Å². The van der Waals surface area contributed by atoms with Crippen LogP contribution < -0.4 is 0 Å². The summed E-state index contributed by atoms with van der Waals surface area (Å²) in [5.74, 6) is -3.59. The monoisotopic (exact) mass is 968 g/mol. The quantitative estimate of drug-likeness (QED) is 0.200. The minimum absolute atomic E-state index is 0.0901. The van der Waals surface area contributed by atoms with Crippen molar-refractivity contribution in [3.63, 3.8) is 0 Å². The van der Waals surface area contributed by atoms with Crippen LogP contribution >= 0.6 is 23.2 Å². The zero-order valence-electron chi connectivity index (χ0n) is 41.6. The third-order valence-corrected chi connectivity index (χ3v) is 16.9. The molecule has 1 aromatic rings. The molecule has 1 aliphatic carbocycles. The fourth-order valence-corrected chi connectivity index (χ4v) is 12.1. The van der Waals surface area contributed by atoms with Crippen LogP contribution in [-0.2, 0) is 53.9 Å². The van der Waals surface area contributed by atoms with Gasteiger partial charge in [0.25, 0.3) is 0 Å². The largest absolute Gasteiger partial charge is 0.458 e. The minimum atomic E-state index is -1.42. The molecule has 0 radical (unpaired) electrons. The fraction of sp³-hybridized carbons (Fsp3) is 0.820. The maximum Gasteiger partial charge on any atom is 0.410 e. The second-order valence-electron chi connectivity index (χ2n) is 20.8. The second kappa shape index (κ2) is 21.5. The van der Waals surface area contributed by atoms with Crippen molar-refractivity contribution >= 4 is 41.0 Å². The molecule has 0 unspecified atom stereocenters. The lowest BCUT2D eigenvalue weighted by molar-refractivity contribution is -0.309. The Morgan fingerprint density at radius 3 is 2.15 bits per heavy atom. The van der Waals surface area contributed by atoms with Gasteiger partial charge in [-0.05, 0) is 105 Å². The van der Waals surface area contributed by atoms with E-state index in [1.165, 1.54) is 19.3 Å². The number of carbonyl (C=O) groups is 3. The molecule has 4 heterocycles. The first-order chi connectivity index (χ1) is 31.0. The van der Waals surface area contributed by atoms with Crippen LogP contribution in [0.5, 0.6) is 0 Å². The highest BCUT2D eigenvalue weighted by Gasteiger charge is 2.61. The third kappa shape index (κ3) is 10.9. The van der Waals surface area contributed by atoms with E-state index < -0.39 is 102 Å². The lowest BCUT2D eigenvalue weighted by Gasteiger charge is -2.50. The third-order valence-electron chi connectivity index (χ3n) is 16.2. The van der Waals surface area contributed by atoms with Gasteiger partial charge in [0.15, 0.2) is 18.2 Å². The summed E-state index contributed by atoms with van der Waals surface area (Å²) in [5.41, 5.74) is -2.73. The Morgan fingerprint density at radius 1 is 0.864 bits per heavy atom. The first-order valence-corrected chi connectivity index (χ1v) is 25.1. The van der Waals surface area contributed by atoms with Crippen molar-refractivity contribution in [2.24, 2.45) is 23.7 Å². The molecular formula is C50H78Cl2N2O12. The number of amides is 1. The number of esters is 1. The molecule has 4 aliphatic heterocycles. The highest BCUT2D eigenvalue weighted by molar-refractivity contribution is 6.42. The number of aliphatic hydroxyl groups is 1. The Hall–Kier alpha value is -2.11. The Labute approximate surface area is 403 Å². The van der Waals surface area contributed by atoms with Crippen LogP contribution in [0.15, 0.2) is 18.2 Å². The fourth-order valence-electron chi connectivity index (χ4n) is 11.8. The number of benzene rings is 1. The van der Waals surface area contributed by atoms with E-state index in [-0.39, 0.29) is 43.7 Å². The van der Waals surface area contributed by atoms with Gasteiger partial charge in [0, 0.05) is 63.4 Å². The summed E-state index contributed by atoms with van der Waals surface area (Å²) in [5, 5.41) is 12.0. The highest BCUT2D eigenvalue weighted by Crippen LogP contribution is 2.45. The van der Waals surface area contributed by atoms with Crippen molar-refractivity contribution in [2.75, 3.05) is 27.8 Å². The molecule has 1 amide bonds. The number of halogens is 2. The molecular weight excluding hydrogens is 891 g/mol. The van der Waals surface area contributed by atoms with Gasteiger partial charge in [0.1, 0.15) is 18.0 Å². The van der Waals surface area contributed by atoms with E-state index in [1.807, 2.05) is 47.6 Å². The highest BCUT2D eigenvalue weighted by atomic mass is 35.5. The van der Waals surface area contributed by atoms with Crippen LogP contribution in [0.4, 0.5) is 4.79 Å². The van der Waals surface area contributed by atoms with Crippen LogP contribution in [0.3, 0.4) is 0 Å². The van der Waals surface area contributed by atoms with Crippen molar-refractivity contribution in [1.82, 2.24) is 9.80 Å². The average molecular weight is 970 g/mol. The maximum atomic E-state index is 15.1. The number of hydrogen-bond donors (Lipinski definition) is 1. The number of fused-ring (bicyclic) bond motifs is 1. The molecule has 1 aromatic carbocycles. The minimum Gasteiger partial charge on any atom is -0.458 e. The Morgan fingerprint density at radius 2 is 1.55 bits per heavy atom. The van der Waals surface area contributed by atoms with E-state index >= 15 is 4.79 Å². The Balaban J connectivity index is 1.42. The number of nitrogens with zero attached hydrogens (tertiary/aromatic N) is 2. The lowest BCUT2D eigenvalue weighted by Crippen LogP contribution is -2.60. The summed E-state index contributed by atoms with van der Waals surface area (Å²) in [6.07, 6.45) is -0.382. The summed E-state index contributed by atoms with van der Waals surface area (Å²) in [7, 11) is 5.36. The Bertz CT molecular complexity index is 1860. The van der Waals surface area contributed by atoms with Crippen molar-refractivity contribution in [3.8, 4) is 0 Å². The van der Waals surface area contributed by atoms with Gasteiger partial charge in [-0.25, -0.2) is 4.79 Å². The van der Waals surface area contributed by atoms with Gasteiger partial charge in [-0.3, -0.25) is 14.5 Å². The molecule has 5 aliphatic rings. The number of hydrogen-bond acceptors (Lipinski definition) is 13. The summed E-state index contributed by atoms with van der Waals surface area (Å²) in [6.45, 7) is 18.9. The molecule has 1 N–H and O–H groups in total. The molecule has 6 rings (SSSR count). The summed E-state index contributed by atoms with van der Waals surface area (Å²) >= 11 is 12.6. The molecule has 0 aromatic heterocycles. The number of carbonyl (C=O) groups excluding carboxylic acids is 3. The van der Waals surface area contributed by atoms with E-state index in [9.17, 15) is 14.7 Å². The predicted octanol–water partition coefficient (Wildman–Crippen LogP) is 8.41. The molecule has 17 atom stereocenters. The standard InChI is InChI=1S/C50H78Cl2N2O12/c1-14-38-50(10)43(54(47(58)66-50)21-20-33-18-19-36(51)37(52)23-33)29(4)41(55)27(2)25-49(9,60-13)45(65-39-24-35(22-28(3)61-39)53(11)34-16-15-17-34)30(5)42(31(6)46(57)63-38)64-40-26-48(8,59-12)44(56)32(7)62-40/h18-19,23,27-32,34-35,38-40,42-45,56H,14-17,20-22,24-26H2,1-13H3/t27-,28-,29-,30+,31-,32+,35+,38+,39+,40+,42+,43-,44+,45-,48-,49+,50-/m1/s1. The number of cyclic esters (lactones) is 1. The van der Waals surface area contributed by atoms with Gasteiger partial charge in [-0.1, -0.05) is 63.4 Å². The van der Waals surface area contributed by atoms with Gasteiger partial charge in [0.05, 0.1) is 57.6 Å². The molecule has 0 spiro atoms. The number of aliphatic hydroxyl groups excluding tert-OH is 1. The van der Waals surface area contributed by atoms with Gasteiger partial charge in [-0.2, -0.15) is 0 Å². The molecule has 1 saturated carbocycles. The average Bonchev–Trinajstić information content (AvgIpc) is 3.52. The van der Waals surface area contributed by atoms with Gasteiger partial charge >= 0.3 is 12.1 Å². The zero-order valence-corrected chi connectivity index (χ0v) is 43.1. The molecule has 374 valence electrons. The van der Waals surface area contributed by atoms with E-state index in [0.717, 1.165) is 12.0 Å². The molecule has 14 nitrogen and oxygen atoms in total. The number of ketones is 1. The van der Waals surface area contributed by atoms with Crippen molar-refractivity contribution < 1.29 is 57.4 Å². The molecule has 16 heteroatoms. The first-order valence-electron chi connectivity index (χ1n) is 24.3. The summed E-state index contributed by atoms with van der Waals surface area (Å²) in [4.78, 5) is 48.3. The van der Waals surface area contributed by atoms with E-state index in [1.54, 1.807) is 52.0 Å². The maximum absolute atomic E-state index is 15.1.